The third kappa shape index (κ3) is 1.97. The first-order valence-electron chi connectivity index (χ1n) is 5.51. The Labute approximate surface area is 93.7 Å². The van der Waals surface area contributed by atoms with E-state index in [9.17, 15) is 0 Å². The van der Waals surface area contributed by atoms with E-state index in [4.69, 9.17) is 4.52 Å². The molecular formula is C12H13N3O. The first kappa shape index (κ1) is 9.54. The van der Waals surface area contributed by atoms with Gasteiger partial charge in [0.15, 0.2) is 5.76 Å². The maximum atomic E-state index is 5.27. The fourth-order valence-corrected chi connectivity index (χ4v) is 1.66. The number of hydrogen-bond acceptors (Lipinski definition) is 4. The number of aromatic nitrogens is 2. The van der Waals surface area contributed by atoms with Crippen LogP contribution >= 0.6 is 0 Å². The molecule has 16 heavy (non-hydrogen) atoms. The number of nitrogens with zero attached hydrogens (tertiary/aromatic N) is 2. The normalized spacial score (nSPS) is 15.2. The van der Waals surface area contributed by atoms with Crippen molar-refractivity contribution in [3.05, 3.63) is 36.3 Å². The van der Waals surface area contributed by atoms with E-state index in [1.807, 2.05) is 12.1 Å². The summed E-state index contributed by atoms with van der Waals surface area (Å²) in [5.41, 5.74) is 2.08. The summed E-state index contributed by atoms with van der Waals surface area (Å²) < 4.78 is 5.27. The van der Waals surface area contributed by atoms with Crippen LogP contribution in [0.4, 0.5) is 0 Å². The predicted molar refractivity (Wildman–Crippen MR) is 59.6 cm³/mol. The van der Waals surface area contributed by atoms with E-state index >= 15 is 0 Å². The van der Waals surface area contributed by atoms with Crippen molar-refractivity contribution in [1.29, 1.82) is 0 Å². The second-order valence-electron chi connectivity index (χ2n) is 4.08. The Morgan fingerprint density at radius 3 is 3.06 bits per heavy atom. The maximum Gasteiger partial charge on any atom is 0.172 e. The molecule has 1 aliphatic carbocycles. The van der Waals surface area contributed by atoms with E-state index in [-0.39, 0.29) is 0 Å². The summed E-state index contributed by atoms with van der Waals surface area (Å²) in [6.07, 6.45) is 7.89. The highest BCUT2D eigenvalue weighted by atomic mass is 16.5. The van der Waals surface area contributed by atoms with E-state index in [0.29, 0.717) is 6.04 Å². The summed E-state index contributed by atoms with van der Waals surface area (Å²) in [5, 5.41) is 7.30. The number of pyridine rings is 1. The summed E-state index contributed by atoms with van der Waals surface area (Å²) in [7, 11) is 0. The van der Waals surface area contributed by atoms with E-state index in [1.165, 1.54) is 12.8 Å². The van der Waals surface area contributed by atoms with E-state index in [2.05, 4.69) is 15.5 Å². The monoisotopic (exact) mass is 215 g/mol. The van der Waals surface area contributed by atoms with Gasteiger partial charge in [0.2, 0.25) is 0 Å². The third-order valence-corrected chi connectivity index (χ3v) is 2.73. The zero-order valence-electron chi connectivity index (χ0n) is 8.89. The molecule has 1 saturated carbocycles. The van der Waals surface area contributed by atoms with Crippen LogP contribution in [0, 0.1) is 0 Å². The van der Waals surface area contributed by atoms with Gasteiger partial charge in [-0.05, 0) is 25.0 Å². The lowest BCUT2D eigenvalue weighted by Crippen LogP contribution is -2.15. The van der Waals surface area contributed by atoms with Crippen LogP contribution in [0.2, 0.25) is 0 Å². The summed E-state index contributed by atoms with van der Waals surface area (Å²) >= 11 is 0. The SMILES string of the molecule is c1cncc(-c2oncc2CNC2CC2)c1. The third-order valence-electron chi connectivity index (χ3n) is 2.73. The highest BCUT2D eigenvalue weighted by molar-refractivity contribution is 5.59. The van der Waals surface area contributed by atoms with Gasteiger partial charge in [-0.2, -0.15) is 0 Å². The lowest BCUT2D eigenvalue weighted by Gasteiger charge is -2.01. The lowest BCUT2D eigenvalue weighted by molar-refractivity contribution is 0.431. The lowest BCUT2D eigenvalue weighted by atomic mass is 10.1. The molecule has 2 heterocycles. The molecule has 4 heteroatoms. The van der Waals surface area contributed by atoms with Gasteiger partial charge in [-0.3, -0.25) is 4.98 Å². The van der Waals surface area contributed by atoms with Crippen LogP contribution in [-0.2, 0) is 6.54 Å². The van der Waals surface area contributed by atoms with Gasteiger partial charge >= 0.3 is 0 Å². The molecule has 4 nitrogen and oxygen atoms in total. The quantitative estimate of drug-likeness (QED) is 0.847. The van der Waals surface area contributed by atoms with Crippen molar-refractivity contribution in [3.8, 4) is 11.3 Å². The minimum absolute atomic E-state index is 0.691. The van der Waals surface area contributed by atoms with Crippen molar-refractivity contribution in [2.45, 2.75) is 25.4 Å². The summed E-state index contributed by atoms with van der Waals surface area (Å²) in [6.45, 7) is 0.818. The Kier molecular flexibility index (Phi) is 2.42. The molecule has 2 aromatic rings. The molecule has 0 unspecified atom stereocenters. The number of rotatable bonds is 4. The molecule has 0 radical (unpaired) electrons. The Morgan fingerprint density at radius 2 is 2.31 bits per heavy atom. The molecule has 1 aliphatic rings. The molecule has 1 fully saturated rings. The second kappa shape index (κ2) is 4.06. The van der Waals surface area contributed by atoms with Crippen LogP contribution in [0.3, 0.4) is 0 Å². The molecule has 1 N–H and O–H groups in total. The van der Waals surface area contributed by atoms with Crippen LogP contribution in [-0.4, -0.2) is 16.2 Å². The molecule has 0 atom stereocenters. The minimum atomic E-state index is 0.691. The number of nitrogens with one attached hydrogen (secondary N) is 1. The van der Waals surface area contributed by atoms with Crippen molar-refractivity contribution >= 4 is 0 Å². The smallest absolute Gasteiger partial charge is 0.172 e. The maximum absolute atomic E-state index is 5.27. The molecule has 82 valence electrons. The van der Waals surface area contributed by atoms with Gasteiger partial charge in [-0.15, -0.1) is 0 Å². The van der Waals surface area contributed by atoms with Crippen LogP contribution in [0.1, 0.15) is 18.4 Å². The van der Waals surface area contributed by atoms with E-state index < -0.39 is 0 Å². The van der Waals surface area contributed by atoms with Crippen LogP contribution in [0.25, 0.3) is 11.3 Å². The molecule has 3 rings (SSSR count). The van der Waals surface area contributed by atoms with Gasteiger partial charge < -0.3 is 9.84 Å². The highest BCUT2D eigenvalue weighted by Crippen LogP contribution is 2.24. The standard InChI is InChI=1S/C12H13N3O/c1-2-9(6-13-5-1)12-10(8-15-16-12)7-14-11-3-4-11/h1-2,5-6,8,11,14H,3-4,7H2. The van der Waals surface area contributed by atoms with Crippen LogP contribution in [0.5, 0.6) is 0 Å². The van der Waals surface area contributed by atoms with Crippen molar-refractivity contribution in [2.24, 2.45) is 0 Å². The van der Waals surface area contributed by atoms with Gasteiger partial charge in [0.05, 0.1) is 6.20 Å². The summed E-state index contributed by atoms with van der Waals surface area (Å²) in [4.78, 5) is 4.08. The Hall–Kier alpha value is -1.68. The molecule has 0 aliphatic heterocycles. The summed E-state index contributed by atoms with van der Waals surface area (Å²) in [6, 6.07) is 4.57. The first-order valence-corrected chi connectivity index (χ1v) is 5.51. The van der Waals surface area contributed by atoms with Crippen molar-refractivity contribution < 1.29 is 4.52 Å². The average Bonchev–Trinajstić information content (AvgIpc) is 3.05. The van der Waals surface area contributed by atoms with E-state index in [1.54, 1.807) is 18.6 Å². The van der Waals surface area contributed by atoms with Gasteiger partial charge in [0.25, 0.3) is 0 Å². The highest BCUT2D eigenvalue weighted by Gasteiger charge is 2.21. The second-order valence-corrected chi connectivity index (χ2v) is 4.08. The Morgan fingerprint density at radius 1 is 1.38 bits per heavy atom. The fraction of sp³-hybridized carbons (Fsp3) is 0.333. The van der Waals surface area contributed by atoms with Gasteiger partial charge in [0.1, 0.15) is 0 Å². The Balaban J connectivity index is 1.81. The molecule has 0 bridgehead atoms. The molecule has 0 saturated heterocycles. The summed E-state index contributed by atoms with van der Waals surface area (Å²) in [5.74, 6) is 0.821. The largest absolute Gasteiger partial charge is 0.356 e. The molecule has 2 aromatic heterocycles. The van der Waals surface area contributed by atoms with E-state index in [0.717, 1.165) is 23.4 Å². The van der Waals surface area contributed by atoms with Crippen molar-refractivity contribution in [2.75, 3.05) is 0 Å². The zero-order chi connectivity index (χ0) is 10.8. The fourth-order valence-electron chi connectivity index (χ4n) is 1.66. The van der Waals surface area contributed by atoms with Crippen molar-refractivity contribution in [3.63, 3.8) is 0 Å². The predicted octanol–water partition coefficient (Wildman–Crippen LogP) is 1.99. The zero-order valence-corrected chi connectivity index (χ0v) is 8.89. The van der Waals surface area contributed by atoms with Gasteiger partial charge in [-0.25, -0.2) is 0 Å². The van der Waals surface area contributed by atoms with Crippen LogP contribution in [0.15, 0.2) is 35.2 Å². The topological polar surface area (TPSA) is 51.0 Å². The molecule has 0 spiro atoms. The molecule has 0 amide bonds. The van der Waals surface area contributed by atoms with Crippen LogP contribution < -0.4 is 5.32 Å². The minimum Gasteiger partial charge on any atom is -0.356 e. The first-order chi connectivity index (χ1) is 7.93. The van der Waals surface area contributed by atoms with Gasteiger partial charge in [0, 0.05) is 36.1 Å². The average molecular weight is 215 g/mol. The molecule has 0 aromatic carbocycles. The van der Waals surface area contributed by atoms with Gasteiger partial charge in [-0.1, -0.05) is 5.16 Å². The molecular weight excluding hydrogens is 202 g/mol. The number of hydrogen-bond donors (Lipinski definition) is 1. The Bertz CT molecular complexity index is 462. The van der Waals surface area contributed by atoms with Crippen molar-refractivity contribution in [1.82, 2.24) is 15.5 Å².